The van der Waals surface area contributed by atoms with Gasteiger partial charge in [0.1, 0.15) is 29.5 Å². The second kappa shape index (κ2) is 12.0. The monoisotopic (exact) mass is 564 g/mol. The zero-order valence-electron chi connectivity index (χ0n) is 22.4. The van der Waals surface area contributed by atoms with Crippen LogP contribution in [-0.2, 0) is 18.3 Å². The number of alkyl halides is 3. The Morgan fingerprint density at radius 3 is 2.50 bits per heavy atom. The Labute approximate surface area is 228 Å². The summed E-state index contributed by atoms with van der Waals surface area (Å²) in [6, 6.07) is 8.05. The normalized spacial score (nSPS) is 14.3. The highest BCUT2D eigenvalue weighted by molar-refractivity contribution is 6.03. The van der Waals surface area contributed by atoms with Gasteiger partial charge in [-0.1, -0.05) is 13.0 Å². The number of fused-ring (bicyclic) bond motifs is 1. The number of carbonyl (C=O) groups excluding carboxylic acids is 2. The number of nitrogens with one attached hydrogen (secondary N) is 1. The van der Waals surface area contributed by atoms with Gasteiger partial charge in [-0.3, -0.25) is 9.59 Å². The lowest BCUT2D eigenvalue weighted by molar-refractivity contribution is -0.153. The molecule has 2 aromatic heterocycles. The molecule has 1 fully saturated rings. The lowest BCUT2D eigenvalue weighted by Gasteiger charge is -2.32. The number of likely N-dealkylation sites (tertiary alicyclic amines) is 1. The van der Waals surface area contributed by atoms with Crippen molar-refractivity contribution in [2.24, 2.45) is 7.05 Å². The minimum atomic E-state index is -4.64. The first-order valence-corrected chi connectivity index (χ1v) is 12.8. The van der Waals surface area contributed by atoms with Crippen LogP contribution in [0.25, 0.3) is 11.0 Å². The molecular formula is C27H31F3N4O6. The van der Waals surface area contributed by atoms with E-state index in [-0.39, 0.29) is 28.5 Å². The van der Waals surface area contributed by atoms with E-state index in [0.717, 1.165) is 0 Å². The molecule has 2 N–H and O–H groups in total. The number of amides is 2. The summed E-state index contributed by atoms with van der Waals surface area (Å²) in [4.78, 5) is 31.3. The summed E-state index contributed by atoms with van der Waals surface area (Å²) >= 11 is 0. The van der Waals surface area contributed by atoms with Crippen LogP contribution in [0.15, 0.2) is 30.3 Å². The number of halogens is 3. The topological polar surface area (TPSA) is 115 Å². The summed E-state index contributed by atoms with van der Waals surface area (Å²) in [6.45, 7) is 0.337. The summed E-state index contributed by atoms with van der Waals surface area (Å²) < 4.78 is 57.5. The van der Waals surface area contributed by atoms with E-state index >= 15 is 0 Å². The smallest absolute Gasteiger partial charge is 0.422 e. The molecule has 3 aromatic rings. The van der Waals surface area contributed by atoms with Gasteiger partial charge in [0.05, 0.1) is 18.2 Å². The Bertz CT molecular complexity index is 1380. The second-order valence-corrected chi connectivity index (χ2v) is 9.37. The molecule has 3 heterocycles. The van der Waals surface area contributed by atoms with Crippen LogP contribution in [0.3, 0.4) is 0 Å². The molecule has 0 atom stereocenters. The number of aliphatic hydroxyl groups is 1. The van der Waals surface area contributed by atoms with E-state index in [1.807, 2.05) is 6.92 Å². The van der Waals surface area contributed by atoms with Crippen molar-refractivity contribution in [1.29, 1.82) is 0 Å². The van der Waals surface area contributed by atoms with Gasteiger partial charge in [0, 0.05) is 32.2 Å². The Hall–Kier alpha value is -4.00. The Morgan fingerprint density at radius 1 is 1.18 bits per heavy atom. The first kappa shape index (κ1) is 29.0. The van der Waals surface area contributed by atoms with Gasteiger partial charge >= 0.3 is 6.18 Å². The SMILES string of the molecule is CCc1nc2c(cc1Oc1cccc(OC)c1)c(OCC(F)(F)F)c(C(=O)NC1CCN(C(=O)CO)CC1)n2C. The minimum absolute atomic E-state index is 0.110. The van der Waals surface area contributed by atoms with E-state index < -0.39 is 31.2 Å². The van der Waals surface area contributed by atoms with Crippen molar-refractivity contribution in [2.75, 3.05) is 33.4 Å². The predicted molar refractivity (Wildman–Crippen MR) is 139 cm³/mol. The summed E-state index contributed by atoms with van der Waals surface area (Å²) in [6.07, 6.45) is -3.33. The first-order valence-electron chi connectivity index (χ1n) is 12.8. The third-order valence-corrected chi connectivity index (χ3v) is 6.67. The van der Waals surface area contributed by atoms with Crippen LogP contribution in [-0.4, -0.2) is 77.0 Å². The Morgan fingerprint density at radius 2 is 1.88 bits per heavy atom. The van der Waals surface area contributed by atoms with Crippen LogP contribution >= 0.6 is 0 Å². The number of methoxy groups -OCH3 is 1. The molecule has 0 saturated carbocycles. The van der Waals surface area contributed by atoms with E-state index in [1.165, 1.54) is 29.7 Å². The number of carbonyl (C=O) groups is 2. The number of aryl methyl sites for hydroxylation is 2. The highest BCUT2D eigenvalue weighted by atomic mass is 19.4. The van der Waals surface area contributed by atoms with Crippen LogP contribution in [0.2, 0.25) is 0 Å². The van der Waals surface area contributed by atoms with Crippen LogP contribution in [0.1, 0.15) is 35.9 Å². The number of benzene rings is 1. The van der Waals surface area contributed by atoms with Gasteiger partial charge in [-0.05, 0) is 37.5 Å². The fraction of sp³-hybridized carbons (Fsp3) is 0.444. The maximum Gasteiger partial charge on any atom is 0.422 e. The second-order valence-electron chi connectivity index (χ2n) is 9.37. The average molecular weight is 565 g/mol. The number of pyridine rings is 1. The molecule has 1 aromatic carbocycles. The van der Waals surface area contributed by atoms with Crippen molar-refractivity contribution in [2.45, 2.75) is 38.4 Å². The fourth-order valence-corrected chi connectivity index (χ4v) is 4.65. The molecule has 1 aliphatic rings. The minimum Gasteiger partial charge on any atom is -0.497 e. The van der Waals surface area contributed by atoms with Crippen LogP contribution in [0, 0.1) is 0 Å². The van der Waals surface area contributed by atoms with Crippen molar-refractivity contribution in [1.82, 2.24) is 19.8 Å². The molecule has 2 amide bonds. The summed E-state index contributed by atoms with van der Waals surface area (Å²) in [5.74, 6) is 0.0188. The summed E-state index contributed by atoms with van der Waals surface area (Å²) in [7, 11) is 3.05. The van der Waals surface area contributed by atoms with Gasteiger partial charge < -0.3 is 34.1 Å². The van der Waals surface area contributed by atoms with Crippen molar-refractivity contribution in [3.63, 3.8) is 0 Å². The Kier molecular flexibility index (Phi) is 8.72. The quantitative estimate of drug-likeness (QED) is 0.408. The number of rotatable bonds is 9. The zero-order valence-corrected chi connectivity index (χ0v) is 22.4. The van der Waals surface area contributed by atoms with Crippen molar-refractivity contribution in [3.8, 4) is 23.0 Å². The number of hydrogen-bond acceptors (Lipinski definition) is 7. The maximum atomic E-state index is 13.4. The molecule has 0 aliphatic carbocycles. The number of aromatic nitrogens is 2. The lowest BCUT2D eigenvalue weighted by atomic mass is 10.0. The van der Waals surface area contributed by atoms with Gasteiger partial charge in [-0.2, -0.15) is 13.2 Å². The van der Waals surface area contributed by atoms with Crippen LogP contribution < -0.4 is 19.5 Å². The fourth-order valence-electron chi connectivity index (χ4n) is 4.65. The summed E-state index contributed by atoms with van der Waals surface area (Å²) in [5.41, 5.74) is 0.688. The zero-order chi connectivity index (χ0) is 29.0. The highest BCUT2D eigenvalue weighted by Gasteiger charge is 2.33. The first-order chi connectivity index (χ1) is 19.0. The average Bonchev–Trinajstić information content (AvgIpc) is 3.21. The molecule has 1 aliphatic heterocycles. The molecule has 10 nitrogen and oxygen atoms in total. The third kappa shape index (κ3) is 6.41. The molecule has 1 saturated heterocycles. The van der Waals surface area contributed by atoms with Crippen molar-refractivity contribution in [3.05, 3.63) is 41.7 Å². The van der Waals surface area contributed by atoms with Crippen LogP contribution in [0.5, 0.6) is 23.0 Å². The number of nitrogens with zero attached hydrogens (tertiary/aromatic N) is 3. The van der Waals surface area contributed by atoms with Crippen molar-refractivity contribution < 1.29 is 42.1 Å². The standard InChI is InChI=1S/C27H31F3N4O6/c1-4-20-21(40-18-7-5-6-17(12-18)38-3)13-19-24(39-15-27(28,29)30)23(33(2)25(19)32-20)26(37)31-16-8-10-34(11-9-16)22(36)14-35/h5-7,12-13,16,35H,4,8-11,14-15H2,1-3H3,(H,31,37). The van der Waals surface area contributed by atoms with E-state index in [2.05, 4.69) is 10.3 Å². The molecule has 40 heavy (non-hydrogen) atoms. The maximum absolute atomic E-state index is 13.4. The van der Waals surface area contributed by atoms with Crippen molar-refractivity contribution >= 4 is 22.8 Å². The van der Waals surface area contributed by atoms with E-state index in [0.29, 0.717) is 55.3 Å². The largest absolute Gasteiger partial charge is 0.497 e. The molecule has 0 bridgehead atoms. The van der Waals surface area contributed by atoms with Gasteiger partial charge in [0.25, 0.3) is 5.91 Å². The number of piperidine rings is 1. The molecule has 216 valence electrons. The lowest BCUT2D eigenvalue weighted by Crippen LogP contribution is -2.47. The molecular weight excluding hydrogens is 533 g/mol. The molecule has 4 rings (SSSR count). The molecule has 0 radical (unpaired) electrons. The Balaban J connectivity index is 1.70. The molecule has 0 unspecified atom stereocenters. The van der Waals surface area contributed by atoms with E-state index in [9.17, 15) is 22.8 Å². The van der Waals surface area contributed by atoms with Crippen LogP contribution in [0.4, 0.5) is 13.2 Å². The summed E-state index contributed by atoms with van der Waals surface area (Å²) in [5, 5.41) is 12.1. The van der Waals surface area contributed by atoms with E-state index in [4.69, 9.17) is 19.3 Å². The number of ether oxygens (including phenoxy) is 3. The number of hydrogen-bond donors (Lipinski definition) is 2. The number of aliphatic hydroxyl groups excluding tert-OH is 1. The predicted octanol–water partition coefficient (Wildman–Crippen LogP) is 3.59. The van der Waals surface area contributed by atoms with Gasteiger partial charge in [-0.25, -0.2) is 4.98 Å². The van der Waals surface area contributed by atoms with Gasteiger partial charge in [0.2, 0.25) is 5.91 Å². The van der Waals surface area contributed by atoms with Gasteiger partial charge in [0.15, 0.2) is 18.1 Å². The third-order valence-electron chi connectivity index (χ3n) is 6.67. The van der Waals surface area contributed by atoms with Gasteiger partial charge in [-0.15, -0.1) is 0 Å². The highest BCUT2D eigenvalue weighted by Crippen LogP contribution is 2.38. The molecule has 13 heteroatoms. The van der Waals surface area contributed by atoms with E-state index in [1.54, 1.807) is 24.3 Å². The molecule has 0 spiro atoms.